The molecule has 21 heteroatoms. The number of H-pyrrole nitrogens is 1. The van der Waals surface area contributed by atoms with Crippen LogP contribution in [-0.2, 0) is 49.6 Å². The fourth-order valence-electron chi connectivity index (χ4n) is 6.51. The first-order valence-electron chi connectivity index (χ1n) is 19.8. The Bertz CT molecular complexity index is 1980. The summed E-state index contributed by atoms with van der Waals surface area (Å²) in [6.07, 6.45) is -6.11. The van der Waals surface area contributed by atoms with Gasteiger partial charge in [-0.25, -0.2) is 0 Å². The zero-order valence-electron chi connectivity index (χ0n) is 34.1. The number of primary amides is 2. The van der Waals surface area contributed by atoms with Crippen LogP contribution in [0.4, 0.5) is 0 Å². The summed E-state index contributed by atoms with van der Waals surface area (Å²) in [5, 5.41) is 41.3. The van der Waals surface area contributed by atoms with Crippen molar-refractivity contribution in [2.75, 3.05) is 13.2 Å². The van der Waals surface area contributed by atoms with E-state index in [1.807, 2.05) is 12.1 Å². The molecule has 4 rings (SSSR count). The summed E-state index contributed by atoms with van der Waals surface area (Å²) in [6, 6.07) is 11.5. The zero-order valence-corrected chi connectivity index (χ0v) is 34.1. The van der Waals surface area contributed by atoms with E-state index in [2.05, 4.69) is 36.8 Å². The molecule has 7 amide bonds. The van der Waals surface area contributed by atoms with E-state index in [0.29, 0.717) is 18.2 Å². The second-order valence-corrected chi connectivity index (χ2v) is 14.6. The van der Waals surface area contributed by atoms with Crippen LogP contribution in [-0.4, -0.2) is 130 Å². The Labute approximate surface area is 351 Å². The number of ether oxygens (including phenoxy) is 3. The lowest BCUT2D eigenvalue weighted by atomic mass is 9.96. The van der Waals surface area contributed by atoms with Crippen molar-refractivity contribution in [1.29, 1.82) is 0 Å². The van der Waals surface area contributed by atoms with Gasteiger partial charge >= 0.3 is 0 Å². The van der Waals surface area contributed by atoms with E-state index in [9.17, 15) is 43.8 Å². The van der Waals surface area contributed by atoms with Gasteiger partial charge in [-0.1, -0.05) is 48.5 Å². The first kappa shape index (κ1) is 47.7. The Morgan fingerprint density at radius 1 is 0.885 bits per heavy atom. The average Bonchev–Trinajstić information content (AvgIpc) is 3.67. The number of unbranched alkanes of at least 4 members (excludes halogenated alkanes) is 1. The summed E-state index contributed by atoms with van der Waals surface area (Å²) in [5.74, 6) is -4.92. The molecule has 0 bridgehead atoms. The molecule has 1 aliphatic rings. The number of fused-ring (bicyclic) bond motifs is 1. The number of hydrogen-bond acceptors (Lipinski definition) is 13. The molecular formula is C40H55N9O12. The highest BCUT2D eigenvalue weighted by atomic mass is 16.7. The maximum absolute atomic E-state index is 13.2. The van der Waals surface area contributed by atoms with Gasteiger partial charge in [0.1, 0.15) is 48.6 Å². The molecule has 0 aliphatic carbocycles. The van der Waals surface area contributed by atoms with Gasteiger partial charge in [-0.15, -0.1) is 0 Å². The van der Waals surface area contributed by atoms with Crippen LogP contribution in [0.1, 0.15) is 68.9 Å². The van der Waals surface area contributed by atoms with E-state index >= 15 is 0 Å². The normalized spacial score (nSPS) is 20.6. The van der Waals surface area contributed by atoms with E-state index in [1.165, 1.54) is 20.8 Å². The van der Waals surface area contributed by atoms with Crippen LogP contribution < -0.4 is 38.1 Å². The molecule has 0 unspecified atom stereocenters. The van der Waals surface area contributed by atoms with Gasteiger partial charge in [-0.2, -0.15) is 5.10 Å². The number of aromatic amines is 1. The molecule has 0 saturated carbocycles. The third kappa shape index (κ3) is 14.0. The number of carbonyl (C=O) groups is 7. The maximum atomic E-state index is 13.2. The summed E-state index contributed by atoms with van der Waals surface area (Å²) < 4.78 is 17.6. The van der Waals surface area contributed by atoms with Crippen LogP contribution in [0.3, 0.4) is 0 Å². The smallest absolute Gasteiger partial charge is 0.272 e. The monoisotopic (exact) mass is 853 g/mol. The highest BCUT2D eigenvalue weighted by molar-refractivity contribution is 6.04. The Balaban J connectivity index is 1.23. The predicted molar refractivity (Wildman–Crippen MR) is 216 cm³/mol. The van der Waals surface area contributed by atoms with Crippen LogP contribution in [0.25, 0.3) is 10.9 Å². The molecule has 0 spiro atoms. The van der Waals surface area contributed by atoms with E-state index in [0.717, 1.165) is 11.1 Å². The van der Waals surface area contributed by atoms with E-state index in [1.54, 1.807) is 42.5 Å². The van der Waals surface area contributed by atoms with Crippen molar-refractivity contribution in [2.24, 2.45) is 11.5 Å². The molecule has 332 valence electrons. The molecule has 21 nitrogen and oxygen atoms in total. The quantitative estimate of drug-likeness (QED) is 0.0475. The largest absolute Gasteiger partial charge is 0.394 e. The number of amides is 7. The number of nitrogens with two attached hydrogens (primary N) is 2. The first-order chi connectivity index (χ1) is 29.1. The number of hydrogen-bond donors (Lipinski definition) is 10. The number of para-hydroxylation sites is 1. The molecule has 1 fully saturated rings. The summed E-state index contributed by atoms with van der Waals surface area (Å²) >= 11 is 0. The molecule has 1 aromatic heterocycles. The van der Waals surface area contributed by atoms with Crippen LogP contribution in [0, 0.1) is 0 Å². The number of carbonyl (C=O) groups excluding carboxylic acids is 7. The van der Waals surface area contributed by atoms with E-state index < -0.39 is 96.9 Å². The van der Waals surface area contributed by atoms with Gasteiger partial charge in [-0.05, 0) is 51.2 Å². The van der Waals surface area contributed by atoms with Crippen LogP contribution in [0.15, 0.2) is 54.6 Å². The molecule has 1 saturated heterocycles. The molecule has 0 radical (unpaired) electrons. The minimum absolute atomic E-state index is 0.0477. The number of aliphatic hydroxyl groups excluding tert-OH is 2. The molecular weight excluding hydrogens is 798 g/mol. The number of nitrogens with one attached hydrogen (secondary N) is 6. The summed E-state index contributed by atoms with van der Waals surface area (Å²) in [4.78, 5) is 88.2. The van der Waals surface area contributed by atoms with Crippen molar-refractivity contribution in [2.45, 2.75) is 114 Å². The van der Waals surface area contributed by atoms with Crippen molar-refractivity contribution in [3.8, 4) is 0 Å². The number of benzene rings is 2. The maximum Gasteiger partial charge on any atom is 0.272 e. The molecule has 61 heavy (non-hydrogen) atoms. The number of nitrogens with zero attached hydrogens (tertiary/aromatic N) is 1. The van der Waals surface area contributed by atoms with Gasteiger partial charge < -0.3 is 62.5 Å². The SMILES string of the molecule is CC(=O)N[C@H]1[C@@H](OCc2ccccc2)O[C@H](CO)[C@@H](O)[C@@H]1O[C@H](C)C(=O)N[C@@H](C)C(=O)N[C@H](CCC(=O)N[C@@H](CCCCNC(=O)c1n[nH]c2ccccc12)C(N)=O)C(N)=O. The summed E-state index contributed by atoms with van der Waals surface area (Å²) in [5.41, 5.74) is 12.8. The molecule has 1 aliphatic heterocycles. The fourth-order valence-corrected chi connectivity index (χ4v) is 6.51. The first-order valence-corrected chi connectivity index (χ1v) is 19.8. The van der Waals surface area contributed by atoms with E-state index in [-0.39, 0.29) is 44.0 Å². The fraction of sp³-hybridized carbons (Fsp3) is 0.500. The lowest BCUT2D eigenvalue weighted by Gasteiger charge is -2.44. The standard InChI is InChI=1S/C40H55N9O12/c1-21(44-38(57)22(2)60-34-32(45-23(3)51)40(61-29(19-50)33(34)53)59-20-24-11-5-4-6-12-24)37(56)47-28(36(42)55)16-17-30(52)46-27(35(41)54)15-9-10-18-43-39(58)31-25-13-7-8-14-26(25)48-49-31/h4-8,11-14,21-22,27-29,32-34,40,50,53H,9-10,15-20H2,1-3H3,(H2,41,54)(H2,42,55)(H,43,58)(H,44,57)(H,45,51)(H,46,52)(H,47,56)(H,48,49)/t21-,22+,27-,28+,29+,32+,33+,34+,40-/m0/s1. The summed E-state index contributed by atoms with van der Waals surface area (Å²) in [7, 11) is 0. The Kier molecular flexibility index (Phi) is 18.1. The van der Waals surface area contributed by atoms with Gasteiger partial charge in [0.15, 0.2) is 12.0 Å². The van der Waals surface area contributed by atoms with Gasteiger partial charge in [0.2, 0.25) is 35.4 Å². The molecule has 12 N–H and O–H groups in total. The minimum Gasteiger partial charge on any atom is -0.394 e. The second-order valence-electron chi connectivity index (χ2n) is 14.6. The van der Waals surface area contributed by atoms with Gasteiger partial charge in [-0.3, -0.25) is 38.7 Å². The Hall–Kier alpha value is -6.00. The number of aromatic nitrogens is 2. The Morgan fingerprint density at radius 2 is 1.56 bits per heavy atom. The third-order valence-corrected chi connectivity index (χ3v) is 9.85. The van der Waals surface area contributed by atoms with Gasteiger partial charge in [0.05, 0.1) is 18.7 Å². The predicted octanol–water partition coefficient (Wildman–Crippen LogP) is -1.74. The van der Waals surface area contributed by atoms with Crippen LogP contribution in [0.5, 0.6) is 0 Å². The second kappa shape index (κ2) is 23.1. The van der Waals surface area contributed by atoms with Crippen LogP contribution in [0.2, 0.25) is 0 Å². The Morgan fingerprint density at radius 3 is 2.23 bits per heavy atom. The number of rotatable bonds is 23. The third-order valence-electron chi connectivity index (χ3n) is 9.85. The topological polar surface area (TPSA) is 329 Å². The van der Waals surface area contributed by atoms with Crippen molar-refractivity contribution in [3.63, 3.8) is 0 Å². The van der Waals surface area contributed by atoms with Crippen molar-refractivity contribution >= 4 is 52.3 Å². The summed E-state index contributed by atoms with van der Waals surface area (Å²) in [6.45, 7) is 3.58. The zero-order chi connectivity index (χ0) is 44.6. The lowest BCUT2D eigenvalue weighted by Crippen LogP contribution is -2.66. The van der Waals surface area contributed by atoms with Gasteiger partial charge in [0.25, 0.3) is 5.91 Å². The van der Waals surface area contributed by atoms with E-state index in [4.69, 9.17) is 25.7 Å². The van der Waals surface area contributed by atoms with Crippen molar-refractivity contribution in [1.82, 2.24) is 36.8 Å². The highest BCUT2D eigenvalue weighted by Gasteiger charge is 2.48. The highest BCUT2D eigenvalue weighted by Crippen LogP contribution is 2.26. The molecule has 9 atom stereocenters. The average molecular weight is 854 g/mol. The van der Waals surface area contributed by atoms with Gasteiger partial charge in [0, 0.05) is 25.3 Å². The van der Waals surface area contributed by atoms with Crippen molar-refractivity contribution < 1.29 is 58.0 Å². The molecule has 2 heterocycles. The number of aliphatic hydroxyl groups is 2. The van der Waals surface area contributed by atoms with Crippen molar-refractivity contribution in [3.05, 3.63) is 65.9 Å². The lowest BCUT2D eigenvalue weighted by molar-refractivity contribution is -0.283. The molecule has 2 aromatic carbocycles. The molecule has 3 aromatic rings. The minimum atomic E-state index is -1.52. The van der Waals surface area contributed by atoms with Crippen LogP contribution >= 0.6 is 0 Å².